The van der Waals surface area contributed by atoms with Crippen LogP contribution >= 0.6 is 0 Å². The molecule has 0 aliphatic heterocycles. The van der Waals surface area contributed by atoms with Crippen LogP contribution in [0.15, 0.2) is 0 Å². The van der Waals surface area contributed by atoms with E-state index in [1.54, 1.807) is 0 Å². The monoisotopic (exact) mass is 265 g/mol. The van der Waals surface area contributed by atoms with Gasteiger partial charge >= 0.3 is 0 Å². The van der Waals surface area contributed by atoms with E-state index >= 15 is 0 Å². The fraction of sp³-hybridized carbons (Fsp3) is 0. The molecule has 0 N–H and O–H groups in total. The molecule has 0 nitrogen and oxygen atoms in total. The fourth-order valence-electron chi connectivity index (χ4n) is 0. The normalized spacial score (nSPS) is 0. The van der Waals surface area contributed by atoms with Crippen molar-refractivity contribution >= 4 is 45.5 Å². The molecule has 0 aliphatic carbocycles. The Kier molecular flexibility index (Phi) is 116. The molecule has 0 heterocycles. The van der Waals surface area contributed by atoms with Crippen LogP contribution in [0.5, 0.6) is 0 Å². The maximum Gasteiger partial charge on any atom is 0 e. The van der Waals surface area contributed by atoms with Gasteiger partial charge in [0.05, 0.1) is 0 Å². The summed E-state index contributed by atoms with van der Waals surface area (Å²) in [5, 5.41) is 0. The average Bonchev–Trinajstić information content (AvgIpc) is 0. The van der Waals surface area contributed by atoms with Gasteiger partial charge in [-0.2, -0.15) is 0 Å². The SMILES string of the molecule is [Cu].[Fe].[Ni].[Sr]. The molecular weight excluding hydrogens is 266 g/mol. The minimum absolute atomic E-state index is 0. The zero-order chi connectivity index (χ0) is 0. The standard InChI is InChI=1S/Cu.Fe.Ni.Sr. The number of hydrogen-bond acceptors (Lipinski definition) is 0. The van der Waals surface area contributed by atoms with Gasteiger partial charge in [0.15, 0.2) is 0 Å². The summed E-state index contributed by atoms with van der Waals surface area (Å²) in [5.41, 5.74) is 0. The summed E-state index contributed by atoms with van der Waals surface area (Å²) >= 11 is 0. The quantitative estimate of drug-likeness (QED) is 0.524. The first-order valence-corrected chi connectivity index (χ1v) is 0. The predicted octanol–water partition coefficient (Wildman–Crippen LogP) is -0.388. The Balaban J connectivity index is 0. The molecule has 0 bridgehead atoms. The van der Waals surface area contributed by atoms with Gasteiger partial charge in [-0.25, -0.2) is 0 Å². The van der Waals surface area contributed by atoms with Crippen molar-refractivity contribution in [2.75, 3.05) is 0 Å². The van der Waals surface area contributed by atoms with Crippen LogP contribution in [0.1, 0.15) is 0 Å². The van der Waals surface area contributed by atoms with Crippen LogP contribution in [0.25, 0.3) is 0 Å². The molecule has 0 aromatic heterocycles. The first-order chi connectivity index (χ1) is 0. The summed E-state index contributed by atoms with van der Waals surface area (Å²) in [6.07, 6.45) is 0. The largest absolute Gasteiger partial charge is 0 e. The van der Waals surface area contributed by atoms with E-state index < -0.39 is 0 Å². The molecule has 0 spiro atoms. The third kappa shape index (κ3) is 8.89. The van der Waals surface area contributed by atoms with E-state index in [2.05, 4.69) is 0 Å². The molecule has 0 aromatic rings. The van der Waals surface area contributed by atoms with Gasteiger partial charge in [0, 0.05) is 96.1 Å². The fourth-order valence-corrected chi connectivity index (χ4v) is 0. The van der Waals surface area contributed by atoms with Gasteiger partial charge in [0.2, 0.25) is 0 Å². The second-order valence-corrected chi connectivity index (χ2v) is 0. The Bertz CT molecular complexity index is 8.00. The molecular formula is CuFeNiSr. The zero-order valence-electron chi connectivity index (χ0n) is 1.68. The number of rotatable bonds is 0. The summed E-state index contributed by atoms with van der Waals surface area (Å²) < 4.78 is 0. The van der Waals surface area contributed by atoms with Gasteiger partial charge in [0.25, 0.3) is 0 Å². The van der Waals surface area contributed by atoms with Gasteiger partial charge in [0.1, 0.15) is 0 Å². The molecule has 0 saturated heterocycles. The zero-order valence-corrected chi connectivity index (χ0v) is 8.19. The Morgan fingerprint density at radius 3 is 1.00 bits per heavy atom. The Labute approximate surface area is 94.0 Å². The molecule has 0 rings (SSSR count). The summed E-state index contributed by atoms with van der Waals surface area (Å²) in [6, 6.07) is 0. The molecule has 31 valence electrons. The van der Waals surface area contributed by atoms with E-state index in [0.717, 1.165) is 0 Å². The summed E-state index contributed by atoms with van der Waals surface area (Å²) in [5.74, 6) is 0. The smallest absolute Gasteiger partial charge is 0 e. The van der Waals surface area contributed by atoms with Crippen molar-refractivity contribution in [1.29, 1.82) is 0 Å². The molecule has 0 atom stereocenters. The van der Waals surface area contributed by atoms with Gasteiger partial charge in [-0.05, 0) is 0 Å². The molecule has 0 aliphatic rings. The van der Waals surface area contributed by atoms with E-state index in [4.69, 9.17) is 0 Å². The maximum atomic E-state index is 0. The van der Waals surface area contributed by atoms with Crippen LogP contribution in [-0.4, -0.2) is 45.5 Å². The average molecular weight is 266 g/mol. The van der Waals surface area contributed by atoms with Gasteiger partial charge in [-0.3, -0.25) is 0 Å². The van der Waals surface area contributed by atoms with E-state index in [9.17, 15) is 0 Å². The molecule has 4 heteroatoms. The second kappa shape index (κ2) is 16.6. The first kappa shape index (κ1) is 27.9. The van der Waals surface area contributed by atoms with Crippen molar-refractivity contribution in [2.45, 2.75) is 0 Å². The van der Waals surface area contributed by atoms with Gasteiger partial charge in [-0.15, -0.1) is 0 Å². The molecule has 0 fully saturated rings. The molecule has 0 saturated carbocycles. The molecule has 0 amide bonds. The molecule has 0 unspecified atom stereocenters. The van der Waals surface area contributed by atoms with Crippen molar-refractivity contribution in [2.24, 2.45) is 0 Å². The van der Waals surface area contributed by atoms with E-state index in [0.29, 0.717) is 0 Å². The predicted molar refractivity (Wildman–Crippen MR) is 5.75 cm³/mol. The first-order valence-electron chi connectivity index (χ1n) is 0. The second-order valence-electron chi connectivity index (χ2n) is 0. The Morgan fingerprint density at radius 1 is 1.00 bits per heavy atom. The van der Waals surface area contributed by atoms with Crippen molar-refractivity contribution in [3.05, 3.63) is 0 Å². The Hall–Kier alpha value is 3.01. The molecule has 0 aromatic carbocycles. The third-order valence-electron chi connectivity index (χ3n) is 0. The van der Waals surface area contributed by atoms with Gasteiger partial charge in [-0.1, -0.05) is 0 Å². The van der Waals surface area contributed by atoms with E-state index in [1.807, 2.05) is 0 Å². The van der Waals surface area contributed by atoms with Crippen LogP contribution in [0, 0.1) is 0 Å². The minimum atomic E-state index is 0. The van der Waals surface area contributed by atoms with Crippen LogP contribution in [0.4, 0.5) is 0 Å². The molecule has 4 heavy (non-hydrogen) atoms. The van der Waals surface area contributed by atoms with Crippen molar-refractivity contribution in [3.8, 4) is 0 Å². The number of hydrogen-bond donors (Lipinski definition) is 0. The maximum absolute atomic E-state index is 0. The van der Waals surface area contributed by atoms with Gasteiger partial charge < -0.3 is 0 Å². The van der Waals surface area contributed by atoms with E-state index in [-0.39, 0.29) is 96.1 Å². The van der Waals surface area contributed by atoms with Crippen LogP contribution in [0.2, 0.25) is 0 Å². The van der Waals surface area contributed by atoms with Crippen molar-refractivity contribution < 1.29 is 50.6 Å². The van der Waals surface area contributed by atoms with Crippen LogP contribution in [0.3, 0.4) is 0 Å². The minimum Gasteiger partial charge on any atom is 0 e. The van der Waals surface area contributed by atoms with E-state index in [1.165, 1.54) is 0 Å². The van der Waals surface area contributed by atoms with Crippen LogP contribution < -0.4 is 0 Å². The van der Waals surface area contributed by atoms with Crippen molar-refractivity contribution in [1.82, 2.24) is 0 Å². The third-order valence-corrected chi connectivity index (χ3v) is 0. The molecule has 3 radical (unpaired) electrons. The Morgan fingerprint density at radius 2 is 1.00 bits per heavy atom. The summed E-state index contributed by atoms with van der Waals surface area (Å²) in [4.78, 5) is 0. The van der Waals surface area contributed by atoms with Crippen molar-refractivity contribution in [3.63, 3.8) is 0 Å². The topological polar surface area (TPSA) is 0 Å². The summed E-state index contributed by atoms with van der Waals surface area (Å²) in [6.45, 7) is 0. The van der Waals surface area contributed by atoms with Crippen LogP contribution in [-0.2, 0) is 50.6 Å². The summed E-state index contributed by atoms with van der Waals surface area (Å²) in [7, 11) is 0.